The van der Waals surface area contributed by atoms with Crippen molar-refractivity contribution < 1.29 is 4.74 Å². The summed E-state index contributed by atoms with van der Waals surface area (Å²) in [5, 5.41) is 6.83. The van der Waals surface area contributed by atoms with Crippen LogP contribution in [0.2, 0.25) is 0 Å². The first-order chi connectivity index (χ1) is 12.3. The van der Waals surface area contributed by atoms with Gasteiger partial charge < -0.3 is 20.3 Å². The van der Waals surface area contributed by atoms with Crippen molar-refractivity contribution in [3.63, 3.8) is 0 Å². The van der Waals surface area contributed by atoms with E-state index in [1.807, 2.05) is 0 Å². The molecule has 1 unspecified atom stereocenters. The number of nitrogens with zero attached hydrogens (tertiary/aromatic N) is 2. The van der Waals surface area contributed by atoms with Crippen LogP contribution in [0.25, 0.3) is 0 Å². The van der Waals surface area contributed by atoms with Crippen LogP contribution in [0.5, 0.6) is 0 Å². The zero-order valence-corrected chi connectivity index (χ0v) is 16.6. The molecule has 5 nitrogen and oxygen atoms in total. The molecule has 146 valence electrons. The van der Waals surface area contributed by atoms with E-state index in [-0.39, 0.29) is 0 Å². The fraction of sp³-hybridized carbons (Fsp3) is 0.950. The molecule has 0 aromatic heterocycles. The number of hydrogen-bond acceptors (Lipinski definition) is 3. The van der Waals surface area contributed by atoms with Crippen LogP contribution in [0.3, 0.4) is 0 Å². The largest absolute Gasteiger partial charge is 0.378 e. The fourth-order valence-corrected chi connectivity index (χ4v) is 3.90. The Morgan fingerprint density at radius 2 is 1.96 bits per heavy atom. The minimum atomic E-state index is 0.518. The Hall–Kier alpha value is -0.810. The van der Waals surface area contributed by atoms with E-state index in [2.05, 4.69) is 29.4 Å². The molecule has 2 aliphatic rings. The highest BCUT2D eigenvalue weighted by molar-refractivity contribution is 5.79. The summed E-state index contributed by atoms with van der Waals surface area (Å²) in [6, 6.07) is 0. The third-order valence-electron chi connectivity index (χ3n) is 5.28. The molecular weight excluding hydrogens is 312 g/mol. The summed E-state index contributed by atoms with van der Waals surface area (Å²) in [6.45, 7) is 11.7. The van der Waals surface area contributed by atoms with E-state index in [9.17, 15) is 0 Å². The minimum Gasteiger partial charge on any atom is -0.378 e. The number of rotatable bonds is 10. The van der Waals surface area contributed by atoms with Crippen molar-refractivity contribution >= 4 is 5.96 Å². The third-order valence-corrected chi connectivity index (χ3v) is 5.28. The van der Waals surface area contributed by atoms with Crippen molar-refractivity contribution in [3.8, 4) is 0 Å². The van der Waals surface area contributed by atoms with Crippen molar-refractivity contribution in [2.75, 3.05) is 45.9 Å². The zero-order valence-electron chi connectivity index (χ0n) is 16.6. The summed E-state index contributed by atoms with van der Waals surface area (Å²) in [7, 11) is 0. The lowest BCUT2D eigenvalue weighted by molar-refractivity contribution is 0.0277. The van der Waals surface area contributed by atoms with Gasteiger partial charge in [0, 0.05) is 32.8 Å². The van der Waals surface area contributed by atoms with Gasteiger partial charge in [-0.25, -0.2) is 0 Å². The highest BCUT2D eigenvalue weighted by Crippen LogP contribution is 2.20. The molecule has 1 atom stereocenters. The van der Waals surface area contributed by atoms with Crippen molar-refractivity contribution in [2.45, 2.75) is 71.3 Å². The quantitative estimate of drug-likeness (QED) is 0.360. The Balaban J connectivity index is 1.59. The van der Waals surface area contributed by atoms with E-state index >= 15 is 0 Å². The Kier molecular flexibility index (Phi) is 10.3. The molecule has 0 aromatic carbocycles. The number of guanidine groups is 1. The number of ether oxygens (including phenoxy) is 1. The lowest BCUT2D eigenvalue weighted by Gasteiger charge is -2.22. The van der Waals surface area contributed by atoms with E-state index in [1.54, 1.807) is 0 Å². The Labute approximate surface area is 155 Å². The maximum atomic E-state index is 5.99. The molecule has 0 aromatic rings. The van der Waals surface area contributed by atoms with Crippen LogP contribution >= 0.6 is 0 Å². The second-order valence-corrected chi connectivity index (χ2v) is 7.59. The Bertz CT molecular complexity index is 369. The molecule has 1 heterocycles. The molecule has 5 heteroatoms. The summed E-state index contributed by atoms with van der Waals surface area (Å²) < 4.78 is 5.99. The summed E-state index contributed by atoms with van der Waals surface area (Å²) in [6.07, 6.45) is 10.7. The molecule has 2 fully saturated rings. The SMILES string of the molecule is CCCN1CCC(CN=C(NCC)NCCCOC2CCCCC2)C1. The summed E-state index contributed by atoms with van der Waals surface area (Å²) in [5.74, 6) is 1.69. The molecule has 1 aliphatic carbocycles. The van der Waals surface area contributed by atoms with E-state index < -0.39 is 0 Å². The average molecular weight is 353 g/mol. The normalized spacial score (nSPS) is 23.1. The van der Waals surface area contributed by atoms with Crippen molar-refractivity contribution in [1.82, 2.24) is 15.5 Å². The first-order valence-corrected chi connectivity index (χ1v) is 10.7. The van der Waals surface area contributed by atoms with Crippen molar-refractivity contribution in [3.05, 3.63) is 0 Å². The number of aliphatic imine (C=N–C) groups is 1. The van der Waals surface area contributed by atoms with E-state index in [4.69, 9.17) is 9.73 Å². The van der Waals surface area contributed by atoms with E-state index in [1.165, 1.54) is 64.6 Å². The molecule has 0 spiro atoms. The van der Waals surface area contributed by atoms with Crippen LogP contribution in [0.4, 0.5) is 0 Å². The van der Waals surface area contributed by atoms with Gasteiger partial charge in [0.15, 0.2) is 5.96 Å². The highest BCUT2D eigenvalue weighted by Gasteiger charge is 2.21. The van der Waals surface area contributed by atoms with Gasteiger partial charge in [0.05, 0.1) is 6.10 Å². The van der Waals surface area contributed by atoms with Gasteiger partial charge in [-0.15, -0.1) is 0 Å². The van der Waals surface area contributed by atoms with Crippen molar-refractivity contribution in [2.24, 2.45) is 10.9 Å². The average Bonchev–Trinajstić information content (AvgIpc) is 3.08. The topological polar surface area (TPSA) is 48.9 Å². The maximum Gasteiger partial charge on any atom is 0.191 e. The maximum absolute atomic E-state index is 5.99. The van der Waals surface area contributed by atoms with Crippen LogP contribution in [0.15, 0.2) is 4.99 Å². The fourth-order valence-electron chi connectivity index (χ4n) is 3.90. The smallest absolute Gasteiger partial charge is 0.191 e. The van der Waals surface area contributed by atoms with Gasteiger partial charge in [0.1, 0.15) is 0 Å². The molecule has 1 saturated heterocycles. The number of likely N-dealkylation sites (tertiary alicyclic amines) is 1. The third kappa shape index (κ3) is 8.41. The van der Waals surface area contributed by atoms with Crippen LogP contribution in [-0.4, -0.2) is 62.8 Å². The van der Waals surface area contributed by atoms with Crippen LogP contribution in [0.1, 0.15) is 65.2 Å². The molecule has 1 aliphatic heterocycles. The van der Waals surface area contributed by atoms with Gasteiger partial charge in [-0.3, -0.25) is 4.99 Å². The van der Waals surface area contributed by atoms with Crippen LogP contribution in [0, 0.1) is 5.92 Å². The second kappa shape index (κ2) is 12.5. The zero-order chi connectivity index (χ0) is 17.7. The lowest BCUT2D eigenvalue weighted by atomic mass is 9.98. The molecular formula is C20H40N4O. The van der Waals surface area contributed by atoms with Crippen LogP contribution < -0.4 is 10.6 Å². The Morgan fingerprint density at radius 3 is 2.72 bits per heavy atom. The molecule has 2 N–H and O–H groups in total. The molecule has 0 bridgehead atoms. The standard InChI is InChI=1S/C20H40N4O/c1-3-13-24-14-11-18(17-24)16-23-20(21-4-2)22-12-8-15-25-19-9-6-5-7-10-19/h18-19H,3-17H2,1-2H3,(H2,21,22,23). The predicted molar refractivity (Wildman–Crippen MR) is 106 cm³/mol. The monoisotopic (exact) mass is 352 g/mol. The Morgan fingerprint density at radius 1 is 1.12 bits per heavy atom. The van der Waals surface area contributed by atoms with Gasteiger partial charge in [-0.05, 0) is 58.0 Å². The second-order valence-electron chi connectivity index (χ2n) is 7.59. The molecule has 25 heavy (non-hydrogen) atoms. The van der Waals surface area contributed by atoms with Crippen LogP contribution in [-0.2, 0) is 4.74 Å². The first-order valence-electron chi connectivity index (χ1n) is 10.7. The molecule has 0 radical (unpaired) electrons. The molecule has 1 saturated carbocycles. The summed E-state index contributed by atoms with van der Waals surface area (Å²) in [4.78, 5) is 7.38. The van der Waals surface area contributed by atoms with Crippen molar-refractivity contribution in [1.29, 1.82) is 0 Å². The van der Waals surface area contributed by atoms with Gasteiger partial charge in [0.25, 0.3) is 0 Å². The minimum absolute atomic E-state index is 0.518. The molecule has 0 amide bonds. The lowest BCUT2D eigenvalue weighted by Crippen LogP contribution is -2.38. The van der Waals surface area contributed by atoms with Gasteiger partial charge in [-0.1, -0.05) is 26.2 Å². The predicted octanol–water partition coefficient (Wildman–Crippen LogP) is 3.01. The van der Waals surface area contributed by atoms with Gasteiger partial charge in [-0.2, -0.15) is 0 Å². The van der Waals surface area contributed by atoms with Gasteiger partial charge in [0.2, 0.25) is 0 Å². The summed E-state index contributed by atoms with van der Waals surface area (Å²) >= 11 is 0. The molecule has 2 rings (SSSR count). The highest BCUT2D eigenvalue weighted by atomic mass is 16.5. The van der Waals surface area contributed by atoms with E-state index in [0.717, 1.165) is 44.5 Å². The number of nitrogens with one attached hydrogen (secondary N) is 2. The van der Waals surface area contributed by atoms with Gasteiger partial charge >= 0.3 is 0 Å². The first kappa shape index (κ1) is 20.5. The van der Waals surface area contributed by atoms with E-state index in [0.29, 0.717) is 6.10 Å². The number of hydrogen-bond donors (Lipinski definition) is 2. The summed E-state index contributed by atoms with van der Waals surface area (Å²) in [5.41, 5.74) is 0.